The van der Waals surface area contributed by atoms with Crippen LogP contribution in [-0.2, 0) is 4.74 Å². The van der Waals surface area contributed by atoms with Crippen molar-refractivity contribution in [1.82, 2.24) is 19.5 Å². The molecule has 1 aliphatic rings. The minimum absolute atomic E-state index is 0.0449. The summed E-state index contributed by atoms with van der Waals surface area (Å²) in [5.41, 5.74) is 6.87. The summed E-state index contributed by atoms with van der Waals surface area (Å²) >= 11 is 0. The molecule has 17 heavy (non-hydrogen) atoms. The van der Waals surface area contributed by atoms with E-state index in [1.54, 1.807) is 17.0 Å². The fraction of sp³-hybridized carbons (Fsp3) is 0.300. The van der Waals surface area contributed by atoms with Gasteiger partial charge in [-0.05, 0) is 6.08 Å². The summed E-state index contributed by atoms with van der Waals surface area (Å²) < 4.78 is 7.31. The van der Waals surface area contributed by atoms with Crippen LogP contribution >= 0.6 is 0 Å². The number of nitrogens with two attached hydrogens (primary N) is 1. The van der Waals surface area contributed by atoms with Gasteiger partial charge in [-0.1, -0.05) is 6.08 Å². The molecule has 0 spiro atoms. The van der Waals surface area contributed by atoms with Gasteiger partial charge in [-0.2, -0.15) is 0 Å². The Kier molecular flexibility index (Phi) is 2.27. The molecule has 2 aromatic rings. The van der Waals surface area contributed by atoms with E-state index in [4.69, 9.17) is 15.6 Å². The second-order valence-electron chi connectivity index (χ2n) is 3.72. The molecule has 1 aliphatic heterocycles. The number of aromatic nitrogens is 4. The number of nitrogens with zero attached hydrogens (tertiary/aromatic N) is 4. The molecule has 1 unspecified atom stereocenters. The number of hydrogen-bond acceptors (Lipinski definition) is 6. The van der Waals surface area contributed by atoms with Gasteiger partial charge in [-0.25, -0.2) is 15.0 Å². The average Bonchev–Trinajstić information content (AvgIpc) is 2.94. The van der Waals surface area contributed by atoms with Crippen molar-refractivity contribution in [3.8, 4) is 0 Å². The van der Waals surface area contributed by atoms with Crippen LogP contribution in [0.1, 0.15) is 6.23 Å². The van der Waals surface area contributed by atoms with Crippen molar-refractivity contribution in [3.63, 3.8) is 0 Å². The van der Waals surface area contributed by atoms with Gasteiger partial charge in [0.1, 0.15) is 17.9 Å². The highest BCUT2D eigenvalue weighted by atomic mass is 16.5. The first-order chi connectivity index (χ1) is 8.29. The molecule has 0 fully saturated rings. The minimum Gasteiger partial charge on any atom is -0.393 e. The van der Waals surface area contributed by atoms with Gasteiger partial charge in [-0.3, -0.25) is 4.57 Å². The second-order valence-corrected chi connectivity index (χ2v) is 3.72. The highest BCUT2D eigenvalue weighted by Crippen LogP contribution is 2.25. The van der Waals surface area contributed by atoms with Gasteiger partial charge in [0, 0.05) is 0 Å². The van der Waals surface area contributed by atoms with Gasteiger partial charge < -0.3 is 15.6 Å². The quantitative estimate of drug-likeness (QED) is 0.700. The number of anilines is 1. The van der Waals surface area contributed by atoms with Crippen LogP contribution < -0.4 is 5.73 Å². The molecule has 0 saturated carbocycles. The van der Waals surface area contributed by atoms with Gasteiger partial charge >= 0.3 is 0 Å². The fourth-order valence-electron chi connectivity index (χ4n) is 1.81. The predicted molar refractivity (Wildman–Crippen MR) is 59.9 cm³/mol. The standard InChI is InChI=1S/C10H11N5O2/c11-9-8-10(13-4-12-9)15(5-14-8)7-2-1-6(3-16)17-7/h1-2,4-7,16H,3H2,(H2,11,12,13)/t6?,7-/m1/s1. The maximum absolute atomic E-state index is 8.99. The lowest BCUT2D eigenvalue weighted by atomic mass is 10.4. The summed E-state index contributed by atoms with van der Waals surface area (Å²) in [6, 6.07) is 0. The third-order valence-electron chi connectivity index (χ3n) is 2.65. The molecule has 88 valence electrons. The molecule has 0 aromatic carbocycles. The molecule has 3 rings (SSSR count). The highest BCUT2D eigenvalue weighted by molar-refractivity contribution is 5.81. The van der Waals surface area contributed by atoms with Crippen LogP contribution in [0.2, 0.25) is 0 Å². The normalized spacial score (nSPS) is 23.6. The Balaban J connectivity index is 2.02. The van der Waals surface area contributed by atoms with Crippen LogP contribution in [0.3, 0.4) is 0 Å². The van der Waals surface area contributed by atoms with E-state index >= 15 is 0 Å². The summed E-state index contributed by atoms with van der Waals surface area (Å²) in [5, 5.41) is 8.99. The van der Waals surface area contributed by atoms with Crippen molar-refractivity contribution in [2.75, 3.05) is 12.3 Å². The second kappa shape index (κ2) is 3.79. The van der Waals surface area contributed by atoms with Gasteiger partial charge in [0.25, 0.3) is 0 Å². The van der Waals surface area contributed by atoms with Crippen molar-refractivity contribution in [1.29, 1.82) is 0 Å². The topological polar surface area (TPSA) is 99.1 Å². The Labute approximate surface area is 96.6 Å². The number of fused-ring (bicyclic) bond motifs is 1. The lowest BCUT2D eigenvalue weighted by molar-refractivity contribution is -0.00638. The average molecular weight is 233 g/mol. The molecular formula is C10H11N5O2. The number of aliphatic hydroxyl groups excluding tert-OH is 1. The van der Waals surface area contributed by atoms with Crippen molar-refractivity contribution in [2.24, 2.45) is 0 Å². The smallest absolute Gasteiger partial charge is 0.167 e. The Hall–Kier alpha value is -1.99. The molecule has 3 N–H and O–H groups in total. The molecule has 7 heteroatoms. The first-order valence-corrected chi connectivity index (χ1v) is 5.17. The number of hydrogen-bond donors (Lipinski definition) is 2. The first kappa shape index (κ1) is 10.2. The van der Waals surface area contributed by atoms with Crippen molar-refractivity contribution >= 4 is 17.0 Å². The van der Waals surface area contributed by atoms with Crippen molar-refractivity contribution in [2.45, 2.75) is 12.3 Å². The Morgan fingerprint density at radius 1 is 1.35 bits per heavy atom. The maximum atomic E-state index is 8.99. The molecule has 0 radical (unpaired) electrons. The van der Waals surface area contributed by atoms with E-state index < -0.39 is 0 Å². The van der Waals surface area contributed by atoms with Crippen LogP contribution in [0.4, 0.5) is 5.82 Å². The lowest BCUT2D eigenvalue weighted by Crippen LogP contribution is -2.15. The SMILES string of the molecule is Nc1ncnc2c1ncn2[C@H]1C=CC(CO)O1. The number of ether oxygens (including phenoxy) is 1. The highest BCUT2D eigenvalue weighted by Gasteiger charge is 2.22. The van der Waals surface area contributed by atoms with Gasteiger partial charge in [0.2, 0.25) is 0 Å². The third-order valence-corrected chi connectivity index (χ3v) is 2.65. The zero-order valence-electron chi connectivity index (χ0n) is 8.89. The number of nitrogen functional groups attached to an aromatic ring is 1. The van der Waals surface area contributed by atoms with E-state index in [-0.39, 0.29) is 18.9 Å². The Morgan fingerprint density at radius 3 is 3.00 bits per heavy atom. The van der Waals surface area contributed by atoms with Crippen molar-refractivity contribution in [3.05, 3.63) is 24.8 Å². The fourth-order valence-corrected chi connectivity index (χ4v) is 1.81. The van der Waals surface area contributed by atoms with Crippen LogP contribution in [-0.4, -0.2) is 37.3 Å². The van der Waals surface area contributed by atoms with E-state index in [1.165, 1.54) is 6.33 Å². The van der Waals surface area contributed by atoms with E-state index in [1.807, 2.05) is 6.08 Å². The molecule has 0 aliphatic carbocycles. The Morgan fingerprint density at radius 2 is 2.24 bits per heavy atom. The zero-order chi connectivity index (χ0) is 11.8. The van der Waals surface area contributed by atoms with Crippen molar-refractivity contribution < 1.29 is 9.84 Å². The molecule has 0 saturated heterocycles. The zero-order valence-corrected chi connectivity index (χ0v) is 8.89. The molecule has 2 atom stereocenters. The molecule has 2 aromatic heterocycles. The summed E-state index contributed by atoms with van der Waals surface area (Å²) in [7, 11) is 0. The van der Waals surface area contributed by atoms with Crippen LogP contribution in [0.5, 0.6) is 0 Å². The molecule has 0 bridgehead atoms. The minimum atomic E-state index is -0.313. The van der Waals surface area contributed by atoms with E-state index in [0.717, 1.165) is 0 Å². The molecule has 3 heterocycles. The largest absolute Gasteiger partial charge is 0.393 e. The van der Waals surface area contributed by atoms with E-state index in [2.05, 4.69) is 15.0 Å². The monoisotopic (exact) mass is 233 g/mol. The number of aliphatic hydroxyl groups is 1. The molecule has 7 nitrogen and oxygen atoms in total. The van der Waals surface area contributed by atoms with Gasteiger partial charge in [0.05, 0.1) is 12.9 Å². The summed E-state index contributed by atoms with van der Waals surface area (Å²) in [6.07, 6.45) is 6.05. The first-order valence-electron chi connectivity index (χ1n) is 5.17. The van der Waals surface area contributed by atoms with Gasteiger partial charge in [0.15, 0.2) is 17.7 Å². The van der Waals surface area contributed by atoms with Crippen LogP contribution in [0.25, 0.3) is 11.2 Å². The molecular weight excluding hydrogens is 222 g/mol. The summed E-state index contributed by atoms with van der Waals surface area (Å²) in [5.74, 6) is 0.342. The summed E-state index contributed by atoms with van der Waals surface area (Å²) in [4.78, 5) is 12.2. The number of rotatable bonds is 2. The summed E-state index contributed by atoms with van der Waals surface area (Å²) in [6.45, 7) is -0.0449. The predicted octanol–water partition coefficient (Wildman–Crippen LogP) is -0.146. The number of imidazole rings is 1. The van der Waals surface area contributed by atoms with Crippen LogP contribution in [0.15, 0.2) is 24.8 Å². The van der Waals surface area contributed by atoms with Crippen LogP contribution in [0, 0.1) is 0 Å². The third kappa shape index (κ3) is 1.56. The molecule has 0 amide bonds. The van der Waals surface area contributed by atoms with E-state index in [0.29, 0.717) is 17.0 Å². The lowest BCUT2D eigenvalue weighted by Gasteiger charge is -2.13. The van der Waals surface area contributed by atoms with E-state index in [9.17, 15) is 0 Å². The Bertz CT molecular complexity index is 579. The maximum Gasteiger partial charge on any atom is 0.167 e. The van der Waals surface area contributed by atoms with Gasteiger partial charge in [-0.15, -0.1) is 0 Å².